The van der Waals surface area contributed by atoms with Gasteiger partial charge in [0.1, 0.15) is 6.61 Å². The van der Waals surface area contributed by atoms with Crippen molar-refractivity contribution in [3.8, 4) is 0 Å². The minimum atomic E-state index is -1.02. The lowest BCUT2D eigenvalue weighted by atomic mass is 10.0. The molecule has 0 radical (unpaired) electrons. The van der Waals surface area contributed by atoms with Gasteiger partial charge in [0.2, 0.25) is 0 Å². The molecular formula is C24H28ClNO6. The number of alkyl carbamates (subject to hydrolysis) is 1. The van der Waals surface area contributed by atoms with Crippen LogP contribution in [-0.4, -0.2) is 24.3 Å². The van der Waals surface area contributed by atoms with Crippen LogP contribution in [0.15, 0.2) is 54.6 Å². The van der Waals surface area contributed by atoms with Crippen LogP contribution in [0.25, 0.3) is 0 Å². The van der Waals surface area contributed by atoms with E-state index in [1.54, 1.807) is 38.1 Å². The lowest BCUT2D eigenvalue weighted by molar-refractivity contribution is -0.172. The zero-order valence-electron chi connectivity index (χ0n) is 18.4. The predicted molar refractivity (Wildman–Crippen MR) is 120 cm³/mol. The number of hydrogen-bond donors (Lipinski definition) is 1. The molecule has 1 amide bonds. The molecule has 7 nitrogen and oxygen atoms in total. The second-order valence-electron chi connectivity index (χ2n) is 7.56. The van der Waals surface area contributed by atoms with Gasteiger partial charge in [-0.15, -0.1) is 0 Å². The van der Waals surface area contributed by atoms with E-state index in [1.165, 1.54) is 6.92 Å². The molecule has 0 aliphatic rings. The van der Waals surface area contributed by atoms with Gasteiger partial charge in [-0.2, -0.15) is 0 Å². The third kappa shape index (κ3) is 8.98. The maximum atomic E-state index is 12.5. The molecule has 0 spiro atoms. The third-order valence-corrected chi connectivity index (χ3v) is 4.75. The van der Waals surface area contributed by atoms with E-state index in [0.29, 0.717) is 5.02 Å². The predicted octanol–water partition coefficient (Wildman–Crippen LogP) is 5.18. The number of ether oxygens (including phenoxy) is 3. The van der Waals surface area contributed by atoms with E-state index in [-0.39, 0.29) is 31.3 Å². The molecule has 2 rings (SSSR count). The minimum Gasteiger partial charge on any atom is -0.461 e. The van der Waals surface area contributed by atoms with E-state index in [9.17, 15) is 14.4 Å². The van der Waals surface area contributed by atoms with Gasteiger partial charge in [0.25, 0.3) is 6.29 Å². The first-order valence-electron chi connectivity index (χ1n) is 10.3. The van der Waals surface area contributed by atoms with E-state index in [2.05, 4.69) is 5.32 Å². The van der Waals surface area contributed by atoms with Crippen LogP contribution in [-0.2, 0) is 30.4 Å². The highest BCUT2D eigenvalue weighted by Crippen LogP contribution is 2.22. The minimum absolute atomic E-state index is 0.0813. The van der Waals surface area contributed by atoms with Crippen LogP contribution < -0.4 is 5.32 Å². The van der Waals surface area contributed by atoms with Gasteiger partial charge < -0.3 is 19.5 Å². The summed E-state index contributed by atoms with van der Waals surface area (Å²) in [6.45, 7) is 4.95. The molecule has 2 unspecified atom stereocenters. The van der Waals surface area contributed by atoms with Gasteiger partial charge in [-0.05, 0) is 29.7 Å². The van der Waals surface area contributed by atoms with E-state index in [0.717, 1.165) is 11.1 Å². The van der Waals surface area contributed by atoms with Gasteiger partial charge in [-0.25, -0.2) is 4.79 Å². The Balaban J connectivity index is 1.99. The summed E-state index contributed by atoms with van der Waals surface area (Å²) >= 11 is 5.97. The first-order chi connectivity index (χ1) is 15.2. The second-order valence-corrected chi connectivity index (χ2v) is 8.00. The number of carbonyl (C=O) groups excluding carboxylic acids is 3. The van der Waals surface area contributed by atoms with Crippen LogP contribution >= 0.6 is 11.6 Å². The molecule has 32 heavy (non-hydrogen) atoms. The summed E-state index contributed by atoms with van der Waals surface area (Å²) in [5, 5.41) is 3.29. The molecule has 2 aromatic carbocycles. The van der Waals surface area contributed by atoms with Crippen molar-refractivity contribution in [3.05, 3.63) is 70.7 Å². The van der Waals surface area contributed by atoms with Crippen molar-refractivity contribution < 1.29 is 28.6 Å². The smallest absolute Gasteiger partial charge is 0.410 e. The number of nitrogens with one attached hydrogen (secondary N) is 1. The Morgan fingerprint density at radius 2 is 1.62 bits per heavy atom. The van der Waals surface area contributed by atoms with Gasteiger partial charge in [0.15, 0.2) is 0 Å². The Kier molecular flexibility index (Phi) is 10.0. The van der Waals surface area contributed by atoms with E-state index in [1.807, 2.05) is 30.3 Å². The number of halogens is 1. The Hall–Kier alpha value is -3.06. The van der Waals surface area contributed by atoms with Crippen molar-refractivity contribution in [2.45, 2.75) is 52.6 Å². The summed E-state index contributed by atoms with van der Waals surface area (Å²) in [6, 6.07) is 15.7. The second kappa shape index (κ2) is 12.7. The van der Waals surface area contributed by atoms with E-state index in [4.69, 9.17) is 25.8 Å². The monoisotopic (exact) mass is 461 g/mol. The van der Waals surface area contributed by atoms with Gasteiger partial charge in [-0.1, -0.05) is 67.9 Å². The lowest BCUT2D eigenvalue weighted by Gasteiger charge is -2.24. The fraction of sp³-hybridized carbons (Fsp3) is 0.375. The van der Waals surface area contributed by atoms with Gasteiger partial charge in [0, 0.05) is 24.3 Å². The molecule has 2 aromatic rings. The molecule has 1 N–H and O–H groups in total. The number of esters is 2. The Morgan fingerprint density at radius 3 is 2.22 bits per heavy atom. The number of rotatable bonds is 10. The average Bonchev–Trinajstić information content (AvgIpc) is 2.75. The van der Waals surface area contributed by atoms with Crippen LogP contribution in [0.5, 0.6) is 0 Å². The molecule has 0 aromatic heterocycles. The number of benzene rings is 2. The Morgan fingerprint density at radius 1 is 0.969 bits per heavy atom. The standard InChI is InChI=1S/C24H28ClNO6/c1-16(2)23(31-17(3)27)32-24(29)26-21(19-9-11-20(25)12-10-19)13-14-22(28)30-15-18-7-5-4-6-8-18/h4-12,16,21,23H,13-15H2,1-3H3,(H,26,29). The SMILES string of the molecule is CC(=O)OC(OC(=O)NC(CCC(=O)OCc1ccccc1)c1ccc(Cl)cc1)C(C)C. The molecule has 0 aliphatic carbocycles. The van der Waals surface area contributed by atoms with E-state index >= 15 is 0 Å². The summed E-state index contributed by atoms with van der Waals surface area (Å²) in [5.41, 5.74) is 1.64. The summed E-state index contributed by atoms with van der Waals surface area (Å²) in [7, 11) is 0. The van der Waals surface area contributed by atoms with Crippen molar-refractivity contribution >= 4 is 29.6 Å². The van der Waals surface area contributed by atoms with Crippen molar-refractivity contribution in [3.63, 3.8) is 0 Å². The summed E-state index contributed by atoms with van der Waals surface area (Å²) < 4.78 is 15.6. The number of carbonyl (C=O) groups is 3. The molecule has 0 aliphatic heterocycles. The fourth-order valence-corrected chi connectivity index (χ4v) is 2.96. The highest BCUT2D eigenvalue weighted by Gasteiger charge is 2.24. The lowest BCUT2D eigenvalue weighted by Crippen LogP contribution is -2.36. The Bertz CT molecular complexity index is 885. The van der Waals surface area contributed by atoms with Crippen molar-refractivity contribution in [2.24, 2.45) is 5.92 Å². The largest absolute Gasteiger partial charge is 0.461 e. The average molecular weight is 462 g/mol. The molecule has 0 heterocycles. The number of hydrogen-bond acceptors (Lipinski definition) is 6. The number of amides is 1. The van der Waals surface area contributed by atoms with Crippen LogP contribution in [0.4, 0.5) is 4.79 Å². The van der Waals surface area contributed by atoms with Gasteiger partial charge >= 0.3 is 18.0 Å². The maximum Gasteiger partial charge on any atom is 0.410 e. The molecule has 172 valence electrons. The zero-order valence-corrected chi connectivity index (χ0v) is 19.1. The van der Waals surface area contributed by atoms with Crippen LogP contribution in [0, 0.1) is 5.92 Å². The summed E-state index contributed by atoms with van der Waals surface area (Å²) in [6.07, 6.45) is -1.42. The molecular weight excluding hydrogens is 434 g/mol. The first kappa shape index (κ1) is 25.2. The van der Waals surface area contributed by atoms with Gasteiger partial charge in [0.05, 0.1) is 6.04 Å². The summed E-state index contributed by atoms with van der Waals surface area (Å²) in [4.78, 5) is 36.0. The molecule has 0 saturated heterocycles. The first-order valence-corrected chi connectivity index (χ1v) is 10.7. The highest BCUT2D eigenvalue weighted by molar-refractivity contribution is 6.30. The normalized spacial score (nSPS) is 12.5. The molecule has 0 saturated carbocycles. The molecule has 0 bridgehead atoms. The van der Waals surface area contributed by atoms with Crippen molar-refractivity contribution in [1.82, 2.24) is 5.32 Å². The summed E-state index contributed by atoms with van der Waals surface area (Å²) in [5.74, 6) is -1.17. The van der Waals surface area contributed by atoms with Crippen LogP contribution in [0.1, 0.15) is 50.8 Å². The van der Waals surface area contributed by atoms with Crippen molar-refractivity contribution in [2.75, 3.05) is 0 Å². The zero-order chi connectivity index (χ0) is 23.5. The third-order valence-electron chi connectivity index (χ3n) is 4.49. The van der Waals surface area contributed by atoms with Crippen LogP contribution in [0.2, 0.25) is 5.02 Å². The topological polar surface area (TPSA) is 90.9 Å². The molecule has 8 heteroatoms. The maximum absolute atomic E-state index is 12.5. The molecule has 2 atom stereocenters. The van der Waals surface area contributed by atoms with Crippen molar-refractivity contribution in [1.29, 1.82) is 0 Å². The molecule has 0 fully saturated rings. The Labute approximate surface area is 193 Å². The highest BCUT2D eigenvalue weighted by atomic mass is 35.5. The van der Waals surface area contributed by atoms with E-state index < -0.39 is 24.4 Å². The fourth-order valence-electron chi connectivity index (χ4n) is 2.83. The van der Waals surface area contributed by atoms with Gasteiger partial charge in [-0.3, -0.25) is 9.59 Å². The van der Waals surface area contributed by atoms with Crippen LogP contribution in [0.3, 0.4) is 0 Å². The quantitative estimate of drug-likeness (QED) is 0.387.